The van der Waals surface area contributed by atoms with E-state index in [-0.39, 0.29) is 0 Å². The minimum absolute atomic E-state index is 0.414. The number of unbranched alkanes of at least 4 members (excludes halogenated alkanes) is 2. The molecule has 2 atom stereocenters. The standard InChI is InChI=1S/C9H18O2/c1-3-4-5-6-8-9(11-8)7-10-2/h8-9H,3-7H2,1-2H3. The maximum absolute atomic E-state index is 5.38. The van der Waals surface area contributed by atoms with Crippen LogP contribution in [-0.4, -0.2) is 25.9 Å². The average Bonchev–Trinajstić information content (AvgIpc) is 2.70. The van der Waals surface area contributed by atoms with Crippen molar-refractivity contribution in [3.05, 3.63) is 0 Å². The Balaban J connectivity index is 1.87. The molecule has 0 amide bonds. The molecule has 1 saturated heterocycles. The number of ether oxygens (including phenoxy) is 2. The van der Waals surface area contributed by atoms with E-state index in [0.717, 1.165) is 6.61 Å². The summed E-state index contributed by atoms with van der Waals surface area (Å²) in [7, 11) is 1.73. The molecule has 66 valence electrons. The molecule has 2 unspecified atom stereocenters. The largest absolute Gasteiger partial charge is 0.382 e. The minimum atomic E-state index is 0.414. The van der Waals surface area contributed by atoms with Crippen LogP contribution in [0.1, 0.15) is 32.6 Å². The van der Waals surface area contributed by atoms with Crippen LogP contribution in [0.3, 0.4) is 0 Å². The fraction of sp³-hybridized carbons (Fsp3) is 1.00. The van der Waals surface area contributed by atoms with E-state index in [4.69, 9.17) is 9.47 Å². The molecule has 0 aliphatic carbocycles. The Bertz CT molecular complexity index is 104. The molecule has 0 aromatic carbocycles. The summed E-state index contributed by atoms with van der Waals surface area (Å²) in [5.41, 5.74) is 0. The molecule has 11 heavy (non-hydrogen) atoms. The second-order valence-corrected chi connectivity index (χ2v) is 3.16. The molecule has 1 aliphatic heterocycles. The van der Waals surface area contributed by atoms with Crippen molar-refractivity contribution in [2.45, 2.75) is 44.8 Å². The quantitative estimate of drug-likeness (QED) is 0.435. The van der Waals surface area contributed by atoms with E-state index in [1.165, 1.54) is 25.7 Å². The molecule has 1 heterocycles. The topological polar surface area (TPSA) is 21.8 Å². The van der Waals surface area contributed by atoms with Crippen molar-refractivity contribution in [3.8, 4) is 0 Å². The van der Waals surface area contributed by atoms with E-state index >= 15 is 0 Å². The highest BCUT2D eigenvalue weighted by Crippen LogP contribution is 2.27. The third-order valence-corrected chi connectivity index (χ3v) is 2.11. The maximum Gasteiger partial charge on any atom is 0.107 e. The lowest BCUT2D eigenvalue weighted by Crippen LogP contribution is -2.01. The van der Waals surface area contributed by atoms with Gasteiger partial charge in [-0.05, 0) is 6.42 Å². The molecule has 0 bridgehead atoms. The maximum atomic E-state index is 5.38. The molecular formula is C9H18O2. The van der Waals surface area contributed by atoms with Gasteiger partial charge in [-0.1, -0.05) is 26.2 Å². The van der Waals surface area contributed by atoms with Gasteiger partial charge < -0.3 is 9.47 Å². The predicted molar refractivity (Wildman–Crippen MR) is 44.7 cm³/mol. The number of methoxy groups -OCH3 is 1. The van der Waals surface area contributed by atoms with Crippen LogP contribution in [0.15, 0.2) is 0 Å². The Labute approximate surface area is 68.9 Å². The summed E-state index contributed by atoms with van der Waals surface area (Å²) in [5, 5.41) is 0. The van der Waals surface area contributed by atoms with Crippen molar-refractivity contribution < 1.29 is 9.47 Å². The summed E-state index contributed by atoms with van der Waals surface area (Å²) in [6.45, 7) is 3.00. The van der Waals surface area contributed by atoms with Crippen molar-refractivity contribution in [2.24, 2.45) is 0 Å². The molecule has 0 aromatic heterocycles. The van der Waals surface area contributed by atoms with Crippen molar-refractivity contribution in [2.75, 3.05) is 13.7 Å². The first kappa shape index (κ1) is 9.01. The van der Waals surface area contributed by atoms with Gasteiger partial charge in [-0.3, -0.25) is 0 Å². The van der Waals surface area contributed by atoms with Crippen LogP contribution in [-0.2, 0) is 9.47 Å². The molecule has 1 rings (SSSR count). The van der Waals surface area contributed by atoms with Gasteiger partial charge in [-0.15, -0.1) is 0 Å². The molecule has 1 aliphatic rings. The number of rotatable bonds is 6. The second kappa shape index (κ2) is 4.73. The summed E-state index contributed by atoms with van der Waals surface area (Å²) in [6.07, 6.45) is 6.09. The van der Waals surface area contributed by atoms with Gasteiger partial charge in [0.2, 0.25) is 0 Å². The van der Waals surface area contributed by atoms with E-state index in [0.29, 0.717) is 12.2 Å². The monoisotopic (exact) mass is 158 g/mol. The van der Waals surface area contributed by atoms with Gasteiger partial charge in [-0.25, -0.2) is 0 Å². The van der Waals surface area contributed by atoms with Crippen molar-refractivity contribution in [1.29, 1.82) is 0 Å². The zero-order valence-corrected chi connectivity index (χ0v) is 7.51. The van der Waals surface area contributed by atoms with Crippen LogP contribution in [0.4, 0.5) is 0 Å². The van der Waals surface area contributed by atoms with Crippen molar-refractivity contribution in [1.82, 2.24) is 0 Å². The van der Waals surface area contributed by atoms with Crippen molar-refractivity contribution in [3.63, 3.8) is 0 Å². The molecule has 0 aromatic rings. The molecule has 0 radical (unpaired) electrons. The molecule has 2 nitrogen and oxygen atoms in total. The van der Waals surface area contributed by atoms with Gasteiger partial charge in [-0.2, -0.15) is 0 Å². The summed E-state index contributed by atoms with van der Waals surface area (Å²) in [6, 6.07) is 0. The highest BCUT2D eigenvalue weighted by atomic mass is 16.6. The first-order valence-electron chi connectivity index (χ1n) is 4.53. The van der Waals surface area contributed by atoms with Crippen LogP contribution >= 0.6 is 0 Å². The summed E-state index contributed by atoms with van der Waals surface area (Å²) >= 11 is 0. The second-order valence-electron chi connectivity index (χ2n) is 3.16. The molecule has 0 N–H and O–H groups in total. The van der Waals surface area contributed by atoms with Crippen molar-refractivity contribution >= 4 is 0 Å². The Morgan fingerprint density at radius 1 is 1.27 bits per heavy atom. The Morgan fingerprint density at radius 3 is 2.73 bits per heavy atom. The van der Waals surface area contributed by atoms with Crippen LogP contribution in [0, 0.1) is 0 Å². The van der Waals surface area contributed by atoms with Gasteiger partial charge in [0.1, 0.15) is 6.10 Å². The SMILES string of the molecule is CCCCCC1OC1COC. The molecule has 1 fully saturated rings. The van der Waals surface area contributed by atoms with E-state index in [1.54, 1.807) is 7.11 Å². The number of hydrogen-bond acceptors (Lipinski definition) is 2. The molecular weight excluding hydrogens is 140 g/mol. The molecule has 2 heteroatoms. The fourth-order valence-corrected chi connectivity index (χ4v) is 1.34. The van der Waals surface area contributed by atoms with Gasteiger partial charge >= 0.3 is 0 Å². The Hall–Kier alpha value is -0.0800. The van der Waals surface area contributed by atoms with Gasteiger partial charge in [0.05, 0.1) is 12.7 Å². The van der Waals surface area contributed by atoms with Gasteiger partial charge in [0, 0.05) is 7.11 Å². The Morgan fingerprint density at radius 2 is 2.09 bits per heavy atom. The van der Waals surface area contributed by atoms with Gasteiger partial charge in [0.15, 0.2) is 0 Å². The predicted octanol–water partition coefficient (Wildman–Crippen LogP) is 1.98. The van der Waals surface area contributed by atoms with E-state index in [9.17, 15) is 0 Å². The van der Waals surface area contributed by atoms with E-state index in [2.05, 4.69) is 6.92 Å². The number of hydrogen-bond donors (Lipinski definition) is 0. The third kappa shape index (κ3) is 3.21. The average molecular weight is 158 g/mol. The molecule has 0 spiro atoms. The fourth-order valence-electron chi connectivity index (χ4n) is 1.34. The summed E-state index contributed by atoms with van der Waals surface area (Å²) in [4.78, 5) is 0. The van der Waals surface area contributed by atoms with E-state index < -0.39 is 0 Å². The van der Waals surface area contributed by atoms with Crippen LogP contribution in [0.5, 0.6) is 0 Å². The zero-order valence-electron chi connectivity index (χ0n) is 7.51. The highest BCUT2D eigenvalue weighted by Gasteiger charge is 2.37. The first-order valence-corrected chi connectivity index (χ1v) is 4.53. The minimum Gasteiger partial charge on any atom is -0.382 e. The normalized spacial score (nSPS) is 28.9. The van der Waals surface area contributed by atoms with Crippen LogP contribution in [0.25, 0.3) is 0 Å². The van der Waals surface area contributed by atoms with Crippen LogP contribution in [0.2, 0.25) is 0 Å². The smallest absolute Gasteiger partial charge is 0.107 e. The lowest BCUT2D eigenvalue weighted by atomic mass is 10.1. The molecule has 0 saturated carbocycles. The lowest BCUT2D eigenvalue weighted by molar-refractivity contribution is 0.171. The third-order valence-electron chi connectivity index (χ3n) is 2.11. The zero-order chi connectivity index (χ0) is 8.10. The first-order chi connectivity index (χ1) is 5.38. The van der Waals surface area contributed by atoms with E-state index in [1.807, 2.05) is 0 Å². The van der Waals surface area contributed by atoms with Crippen LogP contribution < -0.4 is 0 Å². The summed E-state index contributed by atoms with van der Waals surface area (Å²) in [5.74, 6) is 0. The van der Waals surface area contributed by atoms with Gasteiger partial charge in [0.25, 0.3) is 0 Å². The Kier molecular flexibility index (Phi) is 3.87. The number of epoxide rings is 1. The lowest BCUT2D eigenvalue weighted by Gasteiger charge is -1.93. The summed E-state index contributed by atoms with van der Waals surface area (Å²) < 4.78 is 10.4. The highest BCUT2D eigenvalue weighted by molar-refractivity contribution is 4.83.